The van der Waals surface area contributed by atoms with Crippen molar-refractivity contribution in [3.63, 3.8) is 0 Å². The Balaban J connectivity index is 2.44. The van der Waals surface area contributed by atoms with Crippen molar-refractivity contribution in [3.05, 3.63) is 29.8 Å². The maximum atomic E-state index is 13.8. The highest BCUT2D eigenvalue weighted by atomic mass is 19.1. The molecule has 0 saturated heterocycles. The van der Waals surface area contributed by atoms with E-state index in [1.54, 1.807) is 7.05 Å². The fourth-order valence-corrected chi connectivity index (χ4v) is 1.52. The van der Waals surface area contributed by atoms with E-state index in [1.807, 2.05) is 6.92 Å². The van der Waals surface area contributed by atoms with Gasteiger partial charge in [-0.2, -0.15) is 15.0 Å². The molecule has 2 rings (SSSR count). The molecule has 1 aromatic carbocycles. The topological polar surface area (TPSA) is 59.9 Å². The summed E-state index contributed by atoms with van der Waals surface area (Å²) in [5.41, 5.74) is 0.0895. The number of ether oxygens (including phenoxy) is 1. The van der Waals surface area contributed by atoms with Crippen molar-refractivity contribution in [2.24, 2.45) is 0 Å². The molecular weight excluding hydrogens is 266 g/mol. The number of hydrogen-bond acceptors (Lipinski definition) is 5. The molecule has 0 bridgehead atoms. The molecule has 0 unspecified atom stereocenters. The van der Waals surface area contributed by atoms with Gasteiger partial charge in [-0.15, -0.1) is 0 Å². The van der Waals surface area contributed by atoms with E-state index >= 15 is 0 Å². The number of hydrogen-bond donors (Lipinski definition) is 1. The van der Waals surface area contributed by atoms with Crippen LogP contribution in [0.5, 0.6) is 6.01 Å². The summed E-state index contributed by atoms with van der Waals surface area (Å²) in [6, 6.07) is 3.31. The van der Waals surface area contributed by atoms with E-state index in [0.717, 1.165) is 18.6 Å². The van der Waals surface area contributed by atoms with Crippen LogP contribution in [-0.4, -0.2) is 28.6 Å². The quantitative estimate of drug-likeness (QED) is 0.912. The summed E-state index contributed by atoms with van der Waals surface area (Å²) in [5, 5.41) is 2.75. The zero-order valence-corrected chi connectivity index (χ0v) is 11.2. The molecule has 2 aromatic rings. The summed E-state index contributed by atoms with van der Waals surface area (Å²) in [7, 11) is 1.63. The van der Waals surface area contributed by atoms with E-state index in [-0.39, 0.29) is 23.3 Å². The van der Waals surface area contributed by atoms with Crippen LogP contribution in [0.4, 0.5) is 14.7 Å². The monoisotopic (exact) mass is 280 g/mol. The van der Waals surface area contributed by atoms with Crippen LogP contribution >= 0.6 is 0 Å². The standard InChI is InChI=1S/C13H14F2N4O/c1-3-6-20-13-18-11(17-12(16-2)19-13)9-5-4-8(14)7-10(9)15/h4-5,7H,3,6H2,1-2H3,(H,16,17,18,19). The van der Waals surface area contributed by atoms with Crippen molar-refractivity contribution in [3.8, 4) is 17.4 Å². The first-order chi connectivity index (χ1) is 9.63. The lowest BCUT2D eigenvalue weighted by molar-refractivity contribution is 0.292. The van der Waals surface area contributed by atoms with E-state index in [4.69, 9.17) is 4.74 Å². The number of halogens is 2. The Kier molecular flexibility index (Phi) is 4.39. The Morgan fingerprint density at radius 3 is 2.65 bits per heavy atom. The molecule has 0 fully saturated rings. The molecule has 1 aromatic heterocycles. The number of rotatable bonds is 5. The third kappa shape index (κ3) is 3.17. The first-order valence-corrected chi connectivity index (χ1v) is 6.16. The Labute approximate surface area is 115 Å². The molecule has 0 aliphatic rings. The molecule has 20 heavy (non-hydrogen) atoms. The van der Waals surface area contributed by atoms with Gasteiger partial charge in [0.2, 0.25) is 5.95 Å². The van der Waals surface area contributed by atoms with Gasteiger partial charge in [0.1, 0.15) is 11.6 Å². The maximum absolute atomic E-state index is 13.8. The largest absolute Gasteiger partial charge is 0.463 e. The molecule has 0 atom stereocenters. The van der Waals surface area contributed by atoms with Crippen molar-refractivity contribution in [2.75, 3.05) is 19.0 Å². The second-order valence-electron chi connectivity index (χ2n) is 3.99. The predicted octanol–water partition coefficient (Wildman–Crippen LogP) is 2.65. The number of benzene rings is 1. The van der Waals surface area contributed by atoms with Gasteiger partial charge in [-0.25, -0.2) is 8.78 Å². The van der Waals surface area contributed by atoms with Gasteiger partial charge in [0, 0.05) is 13.1 Å². The van der Waals surface area contributed by atoms with Crippen LogP contribution in [0.15, 0.2) is 18.2 Å². The summed E-state index contributed by atoms with van der Waals surface area (Å²) in [6.07, 6.45) is 0.792. The van der Waals surface area contributed by atoms with Gasteiger partial charge in [-0.05, 0) is 18.6 Å². The van der Waals surface area contributed by atoms with Crippen LogP contribution in [0.2, 0.25) is 0 Å². The zero-order valence-electron chi connectivity index (χ0n) is 11.2. The van der Waals surface area contributed by atoms with Crippen molar-refractivity contribution in [2.45, 2.75) is 13.3 Å². The van der Waals surface area contributed by atoms with E-state index in [0.29, 0.717) is 6.61 Å². The zero-order chi connectivity index (χ0) is 14.5. The van der Waals surface area contributed by atoms with E-state index < -0.39 is 11.6 Å². The Morgan fingerprint density at radius 1 is 1.20 bits per heavy atom. The number of anilines is 1. The summed E-state index contributed by atoms with van der Waals surface area (Å²) < 4.78 is 32.0. The molecule has 0 amide bonds. The van der Waals surface area contributed by atoms with Crippen molar-refractivity contribution in [1.82, 2.24) is 15.0 Å². The summed E-state index contributed by atoms with van der Waals surface area (Å²) >= 11 is 0. The second-order valence-corrected chi connectivity index (χ2v) is 3.99. The molecule has 1 N–H and O–H groups in total. The van der Waals surface area contributed by atoms with E-state index in [2.05, 4.69) is 20.3 Å². The van der Waals surface area contributed by atoms with Crippen LogP contribution in [0.25, 0.3) is 11.4 Å². The lowest BCUT2D eigenvalue weighted by atomic mass is 10.2. The highest BCUT2D eigenvalue weighted by Crippen LogP contribution is 2.22. The Bertz CT molecular complexity index is 607. The third-order valence-corrected chi connectivity index (χ3v) is 2.45. The SMILES string of the molecule is CCCOc1nc(NC)nc(-c2ccc(F)cc2F)n1. The summed E-state index contributed by atoms with van der Waals surface area (Å²) in [5.74, 6) is -1.05. The molecule has 0 aliphatic heterocycles. The number of aromatic nitrogens is 3. The van der Waals surface area contributed by atoms with Gasteiger partial charge in [-0.1, -0.05) is 6.92 Å². The van der Waals surface area contributed by atoms with Crippen LogP contribution in [0.3, 0.4) is 0 Å². The number of nitrogens with one attached hydrogen (secondary N) is 1. The van der Waals surface area contributed by atoms with Gasteiger partial charge >= 0.3 is 6.01 Å². The maximum Gasteiger partial charge on any atom is 0.321 e. The minimum atomic E-state index is -0.736. The van der Waals surface area contributed by atoms with Crippen LogP contribution < -0.4 is 10.1 Å². The molecule has 7 heteroatoms. The van der Waals surface area contributed by atoms with Gasteiger partial charge in [0.05, 0.1) is 12.2 Å². The fraction of sp³-hybridized carbons (Fsp3) is 0.308. The average molecular weight is 280 g/mol. The molecule has 0 saturated carbocycles. The lowest BCUT2D eigenvalue weighted by Crippen LogP contribution is -2.06. The molecule has 0 aliphatic carbocycles. The second kappa shape index (κ2) is 6.23. The van der Waals surface area contributed by atoms with E-state index in [1.165, 1.54) is 6.07 Å². The third-order valence-electron chi connectivity index (χ3n) is 2.45. The van der Waals surface area contributed by atoms with Crippen molar-refractivity contribution >= 4 is 5.95 Å². The minimum Gasteiger partial charge on any atom is -0.463 e. The fourth-order valence-electron chi connectivity index (χ4n) is 1.52. The molecule has 1 heterocycles. The number of nitrogens with zero attached hydrogens (tertiary/aromatic N) is 3. The minimum absolute atomic E-state index is 0.0895. The molecule has 5 nitrogen and oxygen atoms in total. The predicted molar refractivity (Wildman–Crippen MR) is 70.5 cm³/mol. The highest BCUT2D eigenvalue weighted by molar-refractivity contribution is 5.57. The van der Waals surface area contributed by atoms with Gasteiger partial charge in [0.25, 0.3) is 0 Å². The molecular formula is C13H14F2N4O. The first-order valence-electron chi connectivity index (χ1n) is 6.16. The first kappa shape index (κ1) is 14.1. The smallest absolute Gasteiger partial charge is 0.321 e. The Morgan fingerprint density at radius 2 is 2.00 bits per heavy atom. The van der Waals surface area contributed by atoms with Gasteiger partial charge < -0.3 is 10.1 Å². The van der Waals surface area contributed by atoms with Crippen LogP contribution in [-0.2, 0) is 0 Å². The summed E-state index contributed by atoms with van der Waals surface area (Å²) in [4.78, 5) is 12.1. The summed E-state index contributed by atoms with van der Waals surface area (Å²) in [6.45, 7) is 2.39. The van der Waals surface area contributed by atoms with Crippen molar-refractivity contribution < 1.29 is 13.5 Å². The molecule has 0 spiro atoms. The van der Waals surface area contributed by atoms with Gasteiger partial charge in [0.15, 0.2) is 5.82 Å². The van der Waals surface area contributed by atoms with E-state index in [9.17, 15) is 8.78 Å². The lowest BCUT2D eigenvalue weighted by Gasteiger charge is -2.08. The normalized spacial score (nSPS) is 10.4. The molecule has 106 valence electrons. The Hall–Kier alpha value is -2.31. The molecule has 0 radical (unpaired) electrons. The van der Waals surface area contributed by atoms with Gasteiger partial charge in [-0.3, -0.25) is 0 Å². The average Bonchev–Trinajstić information content (AvgIpc) is 2.44. The van der Waals surface area contributed by atoms with Crippen LogP contribution in [0.1, 0.15) is 13.3 Å². The van der Waals surface area contributed by atoms with Crippen LogP contribution in [0, 0.1) is 11.6 Å². The van der Waals surface area contributed by atoms with Crippen molar-refractivity contribution in [1.29, 1.82) is 0 Å². The highest BCUT2D eigenvalue weighted by Gasteiger charge is 2.13.